The molecule has 17 heavy (non-hydrogen) atoms. The third kappa shape index (κ3) is 3.55. The van der Waals surface area contributed by atoms with E-state index >= 15 is 0 Å². The maximum Gasteiger partial charge on any atom is 0.0991 e. The average Bonchev–Trinajstić information content (AvgIpc) is 3.19. The molecule has 2 N–H and O–H groups in total. The van der Waals surface area contributed by atoms with Gasteiger partial charge in [-0.3, -0.25) is 0 Å². The van der Waals surface area contributed by atoms with E-state index < -0.39 is 0 Å². The summed E-state index contributed by atoms with van der Waals surface area (Å²) in [5.41, 5.74) is 1.84. The third-order valence-corrected chi connectivity index (χ3v) is 3.26. The fourth-order valence-corrected chi connectivity index (χ4v) is 2.14. The molecule has 0 amide bonds. The lowest BCUT2D eigenvalue weighted by Crippen LogP contribution is -2.31. The molecular formula is C14H18N2O. The summed E-state index contributed by atoms with van der Waals surface area (Å²) in [5, 5.41) is 21.3. The Labute approximate surface area is 102 Å². The number of benzene rings is 1. The van der Waals surface area contributed by atoms with E-state index in [0.29, 0.717) is 11.6 Å². The molecule has 1 atom stereocenters. The molecule has 1 aromatic carbocycles. The molecule has 0 saturated heterocycles. The van der Waals surface area contributed by atoms with E-state index in [1.165, 1.54) is 12.8 Å². The zero-order chi connectivity index (χ0) is 12.1. The van der Waals surface area contributed by atoms with Crippen LogP contribution in [0.2, 0.25) is 0 Å². The van der Waals surface area contributed by atoms with E-state index in [1.54, 1.807) is 0 Å². The second-order valence-electron chi connectivity index (χ2n) is 4.65. The lowest BCUT2D eigenvalue weighted by atomic mass is 10.1. The number of rotatable bonds is 6. The van der Waals surface area contributed by atoms with E-state index in [4.69, 9.17) is 10.4 Å². The van der Waals surface area contributed by atoms with Gasteiger partial charge in [0.05, 0.1) is 11.6 Å². The van der Waals surface area contributed by atoms with Crippen molar-refractivity contribution in [3.05, 3.63) is 35.4 Å². The number of nitrogens with zero attached hydrogens (tertiary/aromatic N) is 1. The monoisotopic (exact) mass is 230 g/mol. The zero-order valence-electron chi connectivity index (χ0n) is 9.89. The van der Waals surface area contributed by atoms with Gasteiger partial charge in [-0.2, -0.15) is 5.26 Å². The molecule has 0 bridgehead atoms. The highest BCUT2D eigenvalue weighted by atomic mass is 16.3. The molecule has 3 nitrogen and oxygen atoms in total. The number of hydrogen-bond acceptors (Lipinski definition) is 3. The van der Waals surface area contributed by atoms with Crippen molar-refractivity contribution in [3.8, 4) is 6.07 Å². The fourth-order valence-electron chi connectivity index (χ4n) is 2.14. The van der Waals surface area contributed by atoms with Gasteiger partial charge in [0, 0.05) is 19.2 Å². The largest absolute Gasteiger partial charge is 0.396 e. The van der Waals surface area contributed by atoms with Gasteiger partial charge in [0.25, 0.3) is 0 Å². The molecule has 0 aromatic heterocycles. The molecule has 1 aliphatic carbocycles. The van der Waals surface area contributed by atoms with Gasteiger partial charge in [0.15, 0.2) is 0 Å². The van der Waals surface area contributed by atoms with Gasteiger partial charge in [-0.15, -0.1) is 0 Å². The van der Waals surface area contributed by atoms with Crippen molar-refractivity contribution in [3.63, 3.8) is 0 Å². The topological polar surface area (TPSA) is 56.0 Å². The highest BCUT2D eigenvalue weighted by molar-refractivity contribution is 5.32. The maximum atomic E-state index is 9.01. The molecule has 90 valence electrons. The Hall–Kier alpha value is -1.37. The van der Waals surface area contributed by atoms with Crippen LogP contribution < -0.4 is 5.32 Å². The highest BCUT2D eigenvalue weighted by Gasteiger charge is 2.30. The molecule has 1 saturated carbocycles. The first-order chi connectivity index (χ1) is 8.33. The maximum absolute atomic E-state index is 9.01. The molecule has 0 heterocycles. The number of aliphatic hydroxyl groups is 1. The second-order valence-corrected chi connectivity index (χ2v) is 4.65. The summed E-state index contributed by atoms with van der Waals surface area (Å²) in [4.78, 5) is 0. The van der Waals surface area contributed by atoms with E-state index in [2.05, 4.69) is 11.4 Å². The van der Waals surface area contributed by atoms with Crippen molar-refractivity contribution in [2.45, 2.75) is 31.8 Å². The van der Waals surface area contributed by atoms with E-state index in [1.807, 2.05) is 24.3 Å². The van der Waals surface area contributed by atoms with Crippen molar-refractivity contribution < 1.29 is 5.11 Å². The van der Waals surface area contributed by atoms with Crippen molar-refractivity contribution in [1.29, 1.82) is 5.26 Å². The van der Waals surface area contributed by atoms with E-state index in [0.717, 1.165) is 24.4 Å². The standard InChI is InChI=1S/C14H18N2O/c15-9-11-2-1-3-12(8-11)10-16-14(6-7-17)13-4-5-13/h1-3,8,13-14,16-17H,4-7,10H2. The number of nitriles is 1. The summed E-state index contributed by atoms with van der Waals surface area (Å²) in [5.74, 6) is 0.737. The van der Waals surface area contributed by atoms with Crippen LogP contribution in [0.4, 0.5) is 0 Å². The Bertz CT molecular complexity index is 407. The van der Waals surface area contributed by atoms with Crippen LogP contribution in [0.1, 0.15) is 30.4 Å². The second kappa shape index (κ2) is 5.81. The van der Waals surface area contributed by atoms with Crippen molar-refractivity contribution >= 4 is 0 Å². The molecule has 0 aliphatic heterocycles. The van der Waals surface area contributed by atoms with Gasteiger partial charge < -0.3 is 10.4 Å². The Morgan fingerprint density at radius 3 is 2.94 bits per heavy atom. The van der Waals surface area contributed by atoms with Crippen LogP contribution in [0.15, 0.2) is 24.3 Å². The quantitative estimate of drug-likeness (QED) is 0.783. The number of nitrogens with one attached hydrogen (secondary N) is 1. The minimum Gasteiger partial charge on any atom is -0.396 e. The average molecular weight is 230 g/mol. The van der Waals surface area contributed by atoms with Gasteiger partial charge in [0.2, 0.25) is 0 Å². The van der Waals surface area contributed by atoms with Gasteiger partial charge in [-0.25, -0.2) is 0 Å². The Morgan fingerprint density at radius 2 is 2.29 bits per heavy atom. The van der Waals surface area contributed by atoms with Crippen LogP contribution >= 0.6 is 0 Å². The van der Waals surface area contributed by atoms with Crippen LogP contribution in [-0.2, 0) is 6.54 Å². The molecule has 1 fully saturated rings. The summed E-state index contributed by atoms with van der Waals surface area (Å²) in [6.07, 6.45) is 3.37. The minimum atomic E-state index is 0.242. The lowest BCUT2D eigenvalue weighted by Gasteiger charge is -2.17. The van der Waals surface area contributed by atoms with Crippen molar-refractivity contribution in [1.82, 2.24) is 5.32 Å². The van der Waals surface area contributed by atoms with Gasteiger partial charge in [-0.1, -0.05) is 12.1 Å². The smallest absolute Gasteiger partial charge is 0.0991 e. The predicted octanol–water partition coefficient (Wildman–Crippen LogP) is 1.81. The van der Waals surface area contributed by atoms with Gasteiger partial charge >= 0.3 is 0 Å². The first-order valence-corrected chi connectivity index (χ1v) is 6.17. The molecule has 0 radical (unpaired) electrons. The molecule has 2 rings (SSSR count). The molecular weight excluding hydrogens is 212 g/mol. The van der Waals surface area contributed by atoms with Gasteiger partial charge in [0.1, 0.15) is 0 Å². The third-order valence-electron chi connectivity index (χ3n) is 3.26. The Kier molecular flexibility index (Phi) is 4.13. The predicted molar refractivity (Wildman–Crippen MR) is 66.2 cm³/mol. The summed E-state index contributed by atoms with van der Waals surface area (Å²) >= 11 is 0. The SMILES string of the molecule is N#Cc1cccc(CNC(CCO)C2CC2)c1. The van der Waals surface area contributed by atoms with Crippen LogP contribution in [-0.4, -0.2) is 17.8 Å². The van der Waals surface area contributed by atoms with Gasteiger partial charge in [-0.05, 0) is 42.9 Å². The minimum absolute atomic E-state index is 0.242. The van der Waals surface area contributed by atoms with Crippen LogP contribution in [0, 0.1) is 17.2 Å². The summed E-state index contributed by atoms with van der Waals surface area (Å²) in [7, 11) is 0. The highest BCUT2D eigenvalue weighted by Crippen LogP contribution is 2.34. The van der Waals surface area contributed by atoms with Crippen LogP contribution in [0.25, 0.3) is 0 Å². The van der Waals surface area contributed by atoms with Crippen LogP contribution in [0.3, 0.4) is 0 Å². The summed E-state index contributed by atoms with van der Waals surface area (Å²) in [6.45, 7) is 1.02. The molecule has 3 heteroatoms. The van der Waals surface area contributed by atoms with E-state index in [9.17, 15) is 0 Å². The summed E-state index contributed by atoms with van der Waals surface area (Å²) < 4.78 is 0. The first kappa shape index (κ1) is 12.1. The van der Waals surface area contributed by atoms with E-state index in [-0.39, 0.29) is 6.61 Å². The van der Waals surface area contributed by atoms with Crippen molar-refractivity contribution in [2.75, 3.05) is 6.61 Å². The lowest BCUT2D eigenvalue weighted by molar-refractivity contribution is 0.256. The number of aliphatic hydroxyl groups excluding tert-OH is 1. The summed E-state index contributed by atoms with van der Waals surface area (Å²) in [6, 6.07) is 10.2. The molecule has 1 unspecified atom stereocenters. The zero-order valence-corrected chi connectivity index (χ0v) is 9.89. The van der Waals surface area contributed by atoms with Crippen molar-refractivity contribution in [2.24, 2.45) is 5.92 Å². The number of hydrogen-bond donors (Lipinski definition) is 2. The first-order valence-electron chi connectivity index (χ1n) is 6.17. The Balaban J connectivity index is 1.89. The molecule has 0 spiro atoms. The Morgan fingerprint density at radius 1 is 1.47 bits per heavy atom. The molecule has 1 aliphatic rings. The molecule has 1 aromatic rings. The normalized spacial score (nSPS) is 16.5. The van der Waals surface area contributed by atoms with Crippen LogP contribution in [0.5, 0.6) is 0 Å². The fraction of sp³-hybridized carbons (Fsp3) is 0.500.